The van der Waals surface area contributed by atoms with Crippen molar-refractivity contribution in [2.45, 2.75) is 44.6 Å². The Labute approximate surface area is 180 Å². The summed E-state index contributed by atoms with van der Waals surface area (Å²) in [6.07, 6.45) is 3.66. The third-order valence-corrected chi connectivity index (χ3v) is 5.88. The van der Waals surface area contributed by atoms with E-state index in [9.17, 15) is 14.9 Å². The lowest BCUT2D eigenvalue weighted by Gasteiger charge is -2.24. The van der Waals surface area contributed by atoms with Crippen molar-refractivity contribution in [3.05, 3.63) is 69.5 Å². The van der Waals surface area contributed by atoms with Gasteiger partial charge in [-0.1, -0.05) is 12.6 Å². The molecule has 1 fully saturated rings. The number of ether oxygens (including phenoxy) is 3. The number of aryl methyl sites for hydroxylation is 2. The highest BCUT2D eigenvalue weighted by Gasteiger charge is 2.39. The molecular weight excluding hydrogens is 398 g/mol. The van der Waals surface area contributed by atoms with Crippen LogP contribution in [0.2, 0.25) is 0 Å². The summed E-state index contributed by atoms with van der Waals surface area (Å²) in [6, 6.07) is 7.36. The van der Waals surface area contributed by atoms with Gasteiger partial charge < -0.3 is 14.2 Å². The summed E-state index contributed by atoms with van der Waals surface area (Å²) in [5, 5.41) is 12.0. The van der Waals surface area contributed by atoms with Crippen molar-refractivity contribution < 1.29 is 23.9 Å². The number of carbonyl (C=O) groups excluding carboxylic acids is 1. The summed E-state index contributed by atoms with van der Waals surface area (Å²) in [5.74, 6) is 0.323. The standard InChI is InChI=1S/C24H25NO6/c1-4-30-23(24(26)29-3)20-14(2)12-18(25(27)28)21(15-7-8-15)22(20)17-9-10-19-16(13-17)6-5-11-31-19/h4,9-10,12-13,15,23H,1,5-8,11H2,2-3H3. The first-order valence-electron chi connectivity index (χ1n) is 10.4. The van der Waals surface area contributed by atoms with Gasteiger partial charge in [-0.25, -0.2) is 4.79 Å². The van der Waals surface area contributed by atoms with Crippen LogP contribution < -0.4 is 4.74 Å². The molecule has 7 nitrogen and oxygen atoms in total. The monoisotopic (exact) mass is 423 g/mol. The topological polar surface area (TPSA) is 87.9 Å². The zero-order chi connectivity index (χ0) is 22.1. The second-order valence-corrected chi connectivity index (χ2v) is 7.93. The first kappa shape index (κ1) is 20.9. The summed E-state index contributed by atoms with van der Waals surface area (Å²) < 4.78 is 16.3. The van der Waals surface area contributed by atoms with Crippen molar-refractivity contribution in [1.29, 1.82) is 0 Å². The Hall–Kier alpha value is -3.35. The van der Waals surface area contributed by atoms with Crippen LogP contribution in [0.15, 0.2) is 37.1 Å². The van der Waals surface area contributed by atoms with Gasteiger partial charge in [0, 0.05) is 17.2 Å². The fourth-order valence-electron chi connectivity index (χ4n) is 4.38. The van der Waals surface area contributed by atoms with Crippen LogP contribution in [-0.4, -0.2) is 24.6 Å². The number of nitro benzene ring substituents is 1. The predicted octanol–water partition coefficient (Wildman–Crippen LogP) is 5.15. The molecule has 1 saturated carbocycles. The molecule has 1 heterocycles. The van der Waals surface area contributed by atoms with Crippen LogP contribution in [0.1, 0.15) is 53.5 Å². The first-order valence-corrected chi connectivity index (χ1v) is 10.4. The van der Waals surface area contributed by atoms with Gasteiger partial charge in [-0.05, 0) is 72.9 Å². The van der Waals surface area contributed by atoms with E-state index in [2.05, 4.69) is 6.58 Å². The molecule has 7 heteroatoms. The van der Waals surface area contributed by atoms with E-state index in [-0.39, 0.29) is 16.5 Å². The maximum atomic E-state index is 12.6. The highest BCUT2D eigenvalue weighted by atomic mass is 16.6. The van der Waals surface area contributed by atoms with Crippen LogP contribution >= 0.6 is 0 Å². The highest BCUT2D eigenvalue weighted by molar-refractivity contribution is 5.86. The van der Waals surface area contributed by atoms with Crippen molar-refractivity contribution in [3.63, 3.8) is 0 Å². The van der Waals surface area contributed by atoms with Gasteiger partial charge in [0.2, 0.25) is 6.10 Å². The van der Waals surface area contributed by atoms with E-state index in [1.807, 2.05) is 18.2 Å². The van der Waals surface area contributed by atoms with Crippen LogP contribution in [0.4, 0.5) is 5.69 Å². The van der Waals surface area contributed by atoms with E-state index in [4.69, 9.17) is 14.2 Å². The number of nitrogens with zero attached hydrogens (tertiary/aromatic N) is 1. The van der Waals surface area contributed by atoms with E-state index >= 15 is 0 Å². The van der Waals surface area contributed by atoms with Crippen LogP contribution in [0.5, 0.6) is 5.75 Å². The molecule has 1 aliphatic heterocycles. The number of methoxy groups -OCH3 is 1. The van der Waals surface area contributed by atoms with Gasteiger partial charge in [-0.3, -0.25) is 10.1 Å². The Bertz CT molecular complexity index is 1060. The Morgan fingerprint density at radius 2 is 2.13 bits per heavy atom. The number of nitro groups is 1. The predicted molar refractivity (Wildman–Crippen MR) is 115 cm³/mol. The molecule has 2 aliphatic rings. The molecule has 2 aromatic carbocycles. The van der Waals surface area contributed by atoms with Crippen molar-refractivity contribution >= 4 is 11.7 Å². The Morgan fingerprint density at radius 3 is 2.77 bits per heavy atom. The number of esters is 1. The third kappa shape index (κ3) is 3.87. The Morgan fingerprint density at radius 1 is 1.35 bits per heavy atom. The molecule has 0 bridgehead atoms. The number of hydrogen-bond acceptors (Lipinski definition) is 6. The summed E-state index contributed by atoms with van der Waals surface area (Å²) in [6.45, 7) is 6.03. The van der Waals surface area contributed by atoms with Crippen molar-refractivity contribution in [2.24, 2.45) is 0 Å². The van der Waals surface area contributed by atoms with Crippen molar-refractivity contribution in [1.82, 2.24) is 0 Å². The van der Waals surface area contributed by atoms with E-state index in [1.165, 1.54) is 19.4 Å². The summed E-state index contributed by atoms with van der Waals surface area (Å²) in [5.41, 5.74) is 4.46. The lowest BCUT2D eigenvalue weighted by Crippen LogP contribution is -2.19. The van der Waals surface area contributed by atoms with Crippen LogP contribution in [-0.2, 0) is 20.7 Å². The van der Waals surface area contributed by atoms with Crippen molar-refractivity contribution in [3.8, 4) is 16.9 Å². The lowest BCUT2D eigenvalue weighted by molar-refractivity contribution is -0.385. The summed E-state index contributed by atoms with van der Waals surface area (Å²) in [7, 11) is 1.29. The van der Waals surface area contributed by atoms with Gasteiger partial charge in [-0.2, -0.15) is 0 Å². The third-order valence-electron chi connectivity index (χ3n) is 5.88. The lowest BCUT2D eigenvalue weighted by atomic mass is 9.84. The van der Waals surface area contributed by atoms with E-state index in [0.29, 0.717) is 28.9 Å². The van der Waals surface area contributed by atoms with Gasteiger partial charge in [0.25, 0.3) is 5.69 Å². The number of hydrogen-bond donors (Lipinski definition) is 0. The minimum Gasteiger partial charge on any atom is -0.493 e. The molecule has 0 radical (unpaired) electrons. The fourth-order valence-corrected chi connectivity index (χ4v) is 4.38. The number of rotatable bonds is 7. The zero-order valence-electron chi connectivity index (χ0n) is 17.7. The maximum Gasteiger partial charge on any atom is 0.351 e. The number of benzene rings is 2. The molecule has 31 heavy (non-hydrogen) atoms. The van der Waals surface area contributed by atoms with Gasteiger partial charge >= 0.3 is 5.97 Å². The van der Waals surface area contributed by atoms with Gasteiger partial charge in [0.05, 0.1) is 24.9 Å². The van der Waals surface area contributed by atoms with Gasteiger partial charge in [0.1, 0.15) is 5.75 Å². The Balaban J connectivity index is 2.03. The quantitative estimate of drug-likeness (QED) is 0.265. The molecule has 0 spiro atoms. The molecule has 0 aromatic heterocycles. The first-order chi connectivity index (χ1) is 15.0. The summed E-state index contributed by atoms with van der Waals surface area (Å²) in [4.78, 5) is 24.3. The molecule has 2 aromatic rings. The number of fused-ring (bicyclic) bond motifs is 1. The number of carbonyl (C=O) groups is 1. The van der Waals surface area contributed by atoms with E-state index < -0.39 is 12.1 Å². The van der Waals surface area contributed by atoms with Crippen LogP contribution in [0, 0.1) is 17.0 Å². The van der Waals surface area contributed by atoms with E-state index in [1.54, 1.807) is 6.92 Å². The Kier molecular flexibility index (Phi) is 5.67. The average Bonchev–Trinajstić information content (AvgIpc) is 3.61. The summed E-state index contributed by atoms with van der Waals surface area (Å²) >= 11 is 0. The minimum absolute atomic E-state index is 0.0732. The molecule has 0 amide bonds. The van der Waals surface area contributed by atoms with Crippen LogP contribution in [0.3, 0.4) is 0 Å². The van der Waals surface area contributed by atoms with Crippen LogP contribution in [0.25, 0.3) is 11.1 Å². The fraction of sp³-hybridized carbons (Fsp3) is 0.375. The average molecular weight is 423 g/mol. The molecule has 1 atom stereocenters. The highest BCUT2D eigenvalue weighted by Crippen LogP contribution is 2.52. The SMILES string of the molecule is C=COC(C(=O)OC)c1c(C)cc([N+](=O)[O-])c(C2CC2)c1-c1ccc2c(c1)CCCO2. The minimum atomic E-state index is -1.07. The molecule has 4 rings (SSSR count). The molecular formula is C24H25NO6. The largest absolute Gasteiger partial charge is 0.493 e. The molecule has 1 aliphatic carbocycles. The maximum absolute atomic E-state index is 12.6. The van der Waals surface area contributed by atoms with Crippen molar-refractivity contribution in [2.75, 3.05) is 13.7 Å². The zero-order valence-corrected chi connectivity index (χ0v) is 17.7. The smallest absolute Gasteiger partial charge is 0.351 e. The molecule has 162 valence electrons. The van der Waals surface area contributed by atoms with E-state index in [0.717, 1.165) is 42.6 Å². The molecule has 0 N–H and O–H groups in total. The van der Waals surface area contributed by atoms with Gasteiger partial charge in [-0.15, -0.1) is 0 Å². The second kappa shape index (κ2) is 8.41. The molecule has 0 saturated heterocycles. The molecule has 1 unspecified atom stereocenters. The second-order valence-electron chi connectivity index (χ2n) is 7.93. The van der Waals surface area contributed by atoms with Gasteiger partial charge in [0.15, 0.2) is 0 Å². The normalized spacial score (nSPS) is 15.9.